The first kappa shape index (κ1) is 34.5. The summed E-state index contributed by atoms with van der Waals surface area (Å²) in [5.74, 6) is -1.74. The van der Waals surface area contributed by atoms with Crippen molar-refractivity contribution in [3.05, 3.63) is 174 Å². The van der Waals surface area contributed by atoms with Gasteiger partial charge >= 0.3 is 5.97 Å². The number of esters is 1. The van der Waals surface area contributed by atoms with Gasteiger partial charge < -0.3 is 18.9 Å². The van der Waals surface area contributed by atoms with E-state index in [0.29, 0.717) is 6.42 Å². The minimum Gasteiger partial charge on any atom is -0.456 e. The average Bonchev–Trinajstić information content (AvgIpc) is 3.43. The summed E-state index contributed by atoms with van der Waals surface area (Å²) < 4.78 is 25.1. The zero-order valence-corrected chi connectivity index (χ0v) is 27.6. The fourth-order valence-corrected chi connectivity index (χ4v) is 5.96. The molecule has 1 fully saturated rings. The molecule has 0 bridgehead atoms. The Labute approximate surface area is 283 Å². The normalized spacial score (nSPS) is 18.8. The molecule has 0 radical (unpaired) electrons. The summed E-state index contributed by atoms with van der Waals surface area (Å²) in [5, 5.41) is 0. The lowest BCUT2D eigenvalue weighted by atomic mass is 9.80. The summed E-state index contributed by atoms with van der Waals surface area (Å²) in [6.45, 7) is 9.18. The molecule has 0 amide bonds. The number of carbonyl (C=O) groups is 2. The Morgan fingerprint density at radius 2 is 1.29 bits per heavy atom. The highest BCUT2D eigenvalue weighted by molar-refractivity contribution is 5.93. The molecule has 5 rings (SSSR count). The zero-order chi connectivity index (χ0) is 34.0. The third-order valence-corrected chi connectivity index (χ3v) is 8.15. The molecule has 0 unspecified atom stereocenters. The highest BCUT2D eigenvalue weighted by atomic mass is 16.8. The summed E-state index contributed by atoms with van der Waals surface area (Å²) in [7, 11) is 0. The maximum Gasteiger partial charge on any atom is 0.331 e. The lowest BCUT2D eigenvalue weighted by molar-refractivity contribution is -0.167. The summed E-state index contributed by atoms with van der Waals surface area (Å²) in [6, 6.07) is 39.3. The monoisotopic (exact) mass is 642 g/mol. The van der Waals surface area contributed by atoms with Gasteiger partial charge in [0.15, 0.2) is 11.6 Å². The minimum absolute atomic E-state index is 0.253. The second-order valence-corrected chi connectivity index (χ2v) is 12.1. The SMILES string of the molecule is C=CC[C@@H](OC(=O)/C=C/c1ccccc1)[C@@H]1OC(C)(C)O[C@H]1/C=C/C(=O)[C@H](C)OC(c1ccccc1)(c1ccccc1)c1ccccc1. The van der Waals surface area contributed by atoms with Crippen LogP contribution in [0.3, 0.4) is 0 Å². The number of carbonyl (C=O) groups excluding carboxylic acids is 2. The van der Waals surface area contributed by atoms with Crippen molar-refractivity contribution in [1.82, 2.24) is 0 Å². The van der Waals surface area contributed by atoms with E-state index in [1.54, 1.807) is 39.0 Å². The maximum atomic E-state index is 13.8. The molecule has 0 saturated carbocycles. The molecule has 1 saturated heterocycles. The number of benzene rings is 4. The highest BCUT2D eigenvalue weighted by Crippen LogP contribution is 2.41. The van der Waals surface area contributed by atoms with Crippen LogP contribution < -0.4 is 0 Å². The molecule has 0 N–H and O–H groups in total. The van der Waals surface area contributed by atoms with E-state index < -0.39 is 41.8 Å². The Morgan fingerprint density at radius 3 is 1.79 bits per heavy atom. The summed E-state index contributed by atoms with van der Waals surface area (Å²) in [5.41, 5.74) is 2.52. The summed E-state index contributed by atoms with van der Waals surface area (Å²) in [6.07, 6.45) is 5.34. The molecule has 6 nitrogen and oxygen atoms in total. The van der Waals surface area contributed by atoms with Gasteiger partial charge in [0.25, 0.3) is 0 Å². The highest BCUT2D eigenvalue weighted by Gasteiger charge is 2.45. The van der Waals surface area contributed by atoms with E-state index in [-0.39, 0.29) is 5.78 Å². The largest absolute Gasteiger partial charge is 0.456 e. The van der Waals surface area contributed by atoms with Crippen LogP contribution in [-0.4, -0.2) is 42.0 Å². The molecule has 1 aliphatic heterocycles. The average molecular weight is 643 g/mol. The molecule has 6 heteroatoms. The molecule has 4 aromatic carbocycles. The van der Waals surface area contributed by atoms with Gasteiger partial charge in [-0.25, -0.2) is 4.79 Å². The van der Waals surface area contributed by atoms with Gasteiger partial charge in [-0.3, -0.25) is 4.79 Å². The van der Waals surface area contributed by atoms with E-state index in [1.807, 2.05) is 121 Å². The molecule has 0 aromatic heterocycles. The minimum atomic E-state index is -1.05. The zero-order valence-electron chi connectivity index (χ0n) is 27.6. The van der Waals surface area contributed by atoms with E-state index in [0.717, 1.165) is 22.3 Å². The van der Waals surface area contributed by atoms with Gasteiger partial charge in [-0.15, -0.1) is 6.58 Å². The lowest BCUT2D eigenvalue weighted by Gasteiger charge is -2.37. The summed E-state index contributed by atoms with van der Waals surface area (Å²) >= 11 is 0. The number of rotatable bonds is 14. The molecule has 1 aliphatic rings. The van der Waals surface area contributed by atoms with E-state index in [9.17, 15) is 9.59 Å². The Bertz CT molecular complexity index is 1600. The van der Waals surface area contributed by atoms with Crippen LogP contribution in [0.4, 0.5) is 0 Å². The Hall–Kier alpha value is -4.88. The van der Waals surface area contributed by atoms with E-state index in [4.69, 9.17) is 18.9 Å². The number of hydrogen-bond donors (Lipinski definition) is 0. The molecule has 4 atom stereocenters. The van der Waals surface area contributed by atoms with Crippen molar-refractivity contribution in [2.75, 3.05) is 0 Å². The second kappa shape index (κ2) is 15.8. The first-order valence-corrected chi connectivity index (χ1v) is 16.2. The van der Waals surface area contributed by atoms with Crippen LogP contribution in [0.25, 0.3) is 6.08 Å². The number of ketones is 1. The van der Waals surface area contributed by atoms with Crippen LogP contribution in [0, 0.1) is 0 Å². The van der Waals surface area contributed by atoms with E-state index in [2.05, 4.69) is 6.58 Å². The van der Waals surface area contributed by atoms with Crippen LogP contribution in [0.5, 0.6) is 0 Å². The van der Waals surface area contributed by atoms with Crippen LogP contribution >= 0.6 is 0 Å². The smallest absolute Gasteiger partial charge is 0.331 e. The standard InChI is InChI=1S/C42H42O6/c1-5-18-37(45-39(44)30-27-32-19-10-6-11-20-32)40-38(47-41(3,4)48-40)29-28-36(43)31(2)46-42(33-21-12-7-13-22-33,34-23-14-8-15-24-34)35-25-16-9-17-26-35/h5-17,19-31,37-38,40H,1,18H2,2-4H3/b29-28+,30-27+/t31-,37+,38-,40-/m0/s1. The van der Waals surface area contributed by atoms with Crippen molar-refractivity contribution in [3.63, 3.8) is 0 Å². The summed E-state index contributed by atoms with van der Waals surface area (Å²) in [4.78, 5) is 26.7. The number of hydrogen-bond acceptors (Lipinski definition) is 6. The predicted molar refractivity (Wildman–Crippen MR) is 188 cm³/mol. The molecule has 1 heterocycles. The molecular formula is C42H42O6. The quantitative estimate of drug-likeness (QED) is 0.0597. The lowest BCUT2D eigenvalue weighted by Crippen LogP contribution is -2.39. The van der Waals surface area contributed by atoms with Crippen LogP contribution in [0.1, 0.15) is 49.4 Å². The van der Waals surface area contributed by atoms with Crippen LogP contribution in [0.15, 0.2) is 152 Å². The van der Waals surface area contributed by atoms with Crippen molar-refractivity contribution in [3.8, 4) is 0 Å². The Kier molecular flexibility index (Phi) is 11.3. The third kappa shape index (κ3) is 8.33. The topological polar surface area (TPSA) is 71.1 Å². The van der Waals surface area contributed by atoms with Gasteiger partial charge in [0.05, 0.1) is 0 Å². The van der Waals surface area contributed by atoms with Crippen LogP contribution in [-0.2, 0) is 34.1 Å². The van der Waals surface area contributed by atoms with Crippen molar-refractivity contribution < 1.29 is 28.5 Å². The molecule has 0 spiro atoms. The van der Waals surface area contributed by atoms with Gasteiger partial charge in [-0.2, -0.15) is 0 Å². The van der Waals surface area contributed by atoms with Crippen molar-refractivity contribution in [2.24, 2.45) is 0 Å². The van der Waals surface area contributed by atoms with Crippen molar-refractivity contribution >= 4 is 17.8 Å². The van der Waals surface area contributed by atoms with E-state index in [1.165, 1.54) is 12.2 Å². The number of ether oxygens (including phenoxy) is 4. The first-order valence-electron chi connectivity index (χ1n) is 16.2. The molecule has 4 aromatic rings. The van der Waals surface area contributed by atoms with Gasteiger partial charge in [0.2, 0.25) is 0 Å². The molecule has 48 heavy (non-hydrogen) atoms. The van der Waals surface area contributed by atoms with Crippen molar-refractivity contribution in [2.45, 2.75) is 63.0 Å². The molecular weight excluding hydrogens is 600 g/mol. The van der Waals surface area contributed by atoms with E-state index >= 15 is 0 Å². The fraction of sp³-hybridized carbons (Fsp3) is 0.238. The van der Waals surface area contributed by atoms with Gasteiger partial charge in [0.1, 0.15) is 30.0 Å². The van der Waals surface area contributed by atoms with Gasteiger partial charge in [-0.05, 0) is 61.3 Å². The second-order valence-electron chi connectivity index (χ2n) is 12.1. The maximum absolute atomic E-state index is 13.8. The van der Waals surface area contributed by atoms with Gasteiger partial charge in [0, 0.05) is 12.5 Å². The molecule has 0 aliphatic carbocycles. The Balaban J connectivity index is 1.38. The van der Waals surface area contributed by atoms with Crippen molar-refractivity contribution in [1.29, 1.82) is 0 Å². The Morgan fingerprint density at radius 1 is 0.792 bits per heavy atom. The van der Waals surface area contributed by atoms with Gasteiger partial charge in [-0.1, -0.05) is 127 Å². The predicted octanol–water partition coefficient (Wildman–Crippen LogP) is 8.23. The first-order chi connectivity index (χ1) is 23.2. The fourth-order valence-electron chi connectivity index (χ4n) is 5.96. The van der Waals surface area contributed by atoms with Crippen LogP contribution in [0.2, 0.25) is 0 Å². The third-order valence-electron chi connectivity index (χ3n) is 8.15. The molecule has 246 valence electrons.